The third-order valence-electron chi connectivity index (χ3n) is 4.14. The molecule has 0 bridgehead atoms. The van der Waals surface area contributed by atoms with Crippen LogP contribution in [0.3, 0.4) is 0 Å². The molecule has 0 aliphatic heterocycles. The summed E-state index contributed by atoms with van der Waals surface area (Å²) in [5.74, 6) is 0. The fourth-order valence-electron chi connectivity index (χ4n) is 3.16. The van der Waals surface area contributed by atoms with Crippen LogP contribution in [0.4, 0.5) is 0 Å². The molecule has 102 valence electrons. The molecule has 2 N–H and O–H groups in total. The van der Waals surface area contributed by atoms with E-state index in [0.29, 0.717) is 18.6 Å². The largest absolute Gasteiger partial charge is 0.329 e. The van der Waals surface area contributed by atoms with Gasteiger partial charge in [0.05, 0.1) is 12.2 Å². The lowest BCUT2D eigenvalue weighted by Gasteiger charge is -2.34. The lowest BCUT2D eigenvalue weighted by molar-refractivity contribution is 0.147. The minimum Gasteiger partial charge on any atom is -0.329 e. The van der Waals surface area contributed by atoms with E-state index in [4.69, 9.17) is 5.73 Å². The number of hydrogen-bond acceptors (Lipinski definition) is 3. The Morgan fingerprint density at radius 2 is 2.17 bits per heavy atom. The number of aryl methyl sites for hydroxylation is 1. The molecule has 1 saturated carbocycles. The normalized spacial score (nSPS) is 18.7. The van der Waals surface area contributed by atoms with Crippen LogP contribution in [0.25, 0.3) is 0 Å². The second-order valence-electron chi connectivity index (χ2n) is 5.15. The highest BCUT2D eigenvalue weighted by Crippen LogP contribution is 2.30. The average molecular weight is 250 g/mol. The Bertz CT molecular complexity index is 354. The van der Waals surface area contributed by atoms with Crippen molar-refractivity contribution in [2.45, 2.75) is 58.2 Å². The zero-order valence-corrected chi connectivity index (χ0v) is 11.7. The molecule has 1 aromatic rings. The Labute approximate surface area is 110 Å². The molecule has 18 heavy (non-hydrogen) atoms. The molecular weight excluding hydrogens is 224 g/mol. The van der Waals surface area contributed by atoms with Gasteiger partial charge >= 0.3 is 0 Å². The highest BCUT2D eigenvalue weighted by Gasteiger charge is 2.28. The van der Waals surface area contributed by atoms with E-state index in [1.54, 1.807) is 0 Å². The van der Waals surface area contributed by atoms with Gasteiger partial charge in [-0.3, -0.25) is 9.58 Å². The molecular formula is C14H26N4. The summed E-state index contributed by atoms with van der Waals surface area (Å²) in [6, 6.07) is 1.05. The smallest absolute Gasteiger partial charge is 0.0538 e. The van der Waals surface area contributed by atoms with E-state index in [1.165, 1.54) is 31.2 Å². The van der Waals surface area contributed by atoms with Crippen LogP contribution in [0.15, 0.2) is 12.4 Å². The summed E-state index contributed by atoms with van der Waals surface area (Å²) in [5, 5.41) is 4.38. The van der Waals surface area contributed by atoms with Gasteiger partial charge in [0.2, 0.25) is 0 Å². The van der Waals surface area contributed by atoms with Gasteiger partial charge in [-0.1, -0.05) is 19.8 Å². The van der Waals surface area contributed by atoms with Gasteiger partial charge in [-0.05, 0) is 26.3 Å². The Balaban J connectivity index is 2.14. The molecule has 1 heterocycles. The monoisotopic (exact) mass is 250 g/mol. The molecule has 4 nitrogen and oxygen atoms in total. The topological polar surface area (TPSA) is 47.1 Å². The van der Waals surface area contributed by atoms with Crippen molar-refractivity contribution in [3.05, 3.63) is 18.0 Å². The summed E-state index contributed by atoms with van der Waals surface area (Å²) in [5.41, 5.74) is 7.29. The van der Waals surface area contributed by atoms with E-state index in [2.05, 4.69) is 30.0 Å². The first kappa shape index (κ1) is 13.6. The van der Waals surface area contributed by atoms with Crippen molar-refractivity contribution in [1.29, 1.82) is 0 Å². The first-order valence-electron chi connectivity index (χ1n) is 7.28. The molecule has 0 spiro atoms. The van der Waals surface area contributed by atoms with Crippen LogP contribution < -0.4 is 5.73 Å². The molecule has 2 rings (SSSR count). The van der Waals surface area contributed by atoms with Gasteiger partial charge in [0, 0.05) is 30.9 Å². The average Bonchev–Trinajstić information content (AvgIpc) is 3.06. The lowest BCUT2D eigenvalue weighted by atomic mass is 10.1. The second-order valence-corrected chi connectivity index (χ2v) is 5.15. The molecule has 1 atom stereocenters. The van der Waals surface area contributed by atoms with Crippen molar-refractivity contribution in [3.63, 3.8) is 0 Å². The van der Waals surface area contributed by atoms with Gasteiger partial charge in [0.25, 0.3) is 0 Å². The van der Waals surface area contributed by atoms with Gasteiger partial charge in [-0.15, -0.1) is 0 Å². The van der Waals surface area contributed by atoms with Crippen LogP contribution in [0, 0.1) is 0 Å². The van der Waals surface area contributed by atoms with Crippen LogP contribution in [0.5, 0.6) is 0 Å². The molecule has 1 aliphatic rings. The van der Waals surface area contributed by atoms with Crippen molar-refractivity contribution in [2.75, 3.05) is 13.1 Å². The zero-order valence-electron chi connectivity index (χ0n) is 11.7. The van der Waals surface area contributed by atoms with Crippen LogP contribution in [0.1, 0.15) is 51.1 Å². The number of nitrogens with zero attached hydrogens (tertiary/aromatic N) is 3. The quantitative estimate of drug-likeness (QED) is 0.841. The molecule has 0 aromatic carbocycles. The van der Waals surface area contributed by atoms with Crippen molar-refractivity contribution < 1.29 is 0 Å². The third kappa shape index (κ3) is 2.75. The van der Waals surface area contributed by atoms with Gasteiger partial charge in [-0.2, -0.15) is 5.10 Å². The summed E-state index contributed by atoms with van der Waals surface area (Å²) in [6.07, 6.45) is 9.52. The highest BCUT2D eigenvalue weighted by atomic mass is 15.3. The molecule has 1 aromatic heterocycles. The van der Waals surface area contributed by atoms with Gasteiger partial charge in [-0.25, -0.2) is 0 Å². The Kier molecular flexibility index (Phi) is 4.78. The molecule has 0 saturated heterocycles. The van der Waals surface area contributed by atoms with Crippen LogP contribution in [-0.4, -0.2) is 33.8 Å². The Morgan fingerprint density at radius 3 is 2.67 bits per heavy atom. The number of aromatic nitrogens is 2. The fraction of sp³-hybridized carbons (Fsp3) is 0.786. The van der Waals surface area contributed by atoms with E-state index in [-0.39, 0.29) is 0 Å². The molecule has 1 aliphatic carbocycles. The zero-order chi connectivity index (χ0) is 13.0. The third-order valence-corrected chi connectivity index (χ3v) is 4.14. The number of likely N-dealkylation sites (N-methyl/N-ethyl adjacent to an activating group) is 1. The maximum absolute atomic E-state index is 6.02. The lowest BCUT2D eigenvalue weighted by Crippen LogP contribution is -2.40. The SMILES string of the molecule is CCN(C1CCCC1)C(CN)c1cnn(CC)c1. The van der Waals surface area contributed by atoms with E-state index in [0.717, 1.165) is 13.1 Å². The maximum atomic E-state index is 6.02. The number of nitrogens with two attached hydrogens (primary N) is 1. The number of hydrogen-bond donors (Lipinski definition) is 1. The molecule has 1 fully saturated rings. The molecule has 4 heteroatoms. The van der Waals surface area contributed by atoms with E-state index < -0.39 is 0 Å². The van der Waals surface area contributed by atoms with Gasteiger partial charge in [0.1, 0.15) is 0 Å². The van der Waals surface area contributed by atoms with E-state index in [1.807, 2.05) is 10.9 Å². The van der Waals surface area contributed by atoms with Gasteiger partial charge < -0.3 is 5.73 Å². The summed E-state index contributed by atoms with van der Waals surface area (Å²) >= 11 is 0. The summed E-state index contributed by atoms with van der Waals surface area (Å²) in [7, 11) is 0. The van der Waals surface area contributed by atoms with E-state index >= 15 is 0 Å². The second kappa shape index (κ2) is 6.34. The summed E-state index contributed by atoms with van der Waals surface area (Å²) < 4.78 is 1.99. The molecule has 1 unspecified atom stereocenters. The first-order valence-corrected chi connectivity index (χ1v) is 7.28. The first-order chi connectivity index (χ1) is 8.80. The Morgan fingerprint density at radius 1 is 1.44 bits per heavy atom. The highest BCUT2D eigenvalue weighted by molar-refractivity contribution is 5.12. The van der Waals surface area contributed by atoms with Crippen molar-refractivity contribution in [1.82, 2.24) is 14.7 Å². The van der Waals surface area contributed by atoms with Crippen LogP contribution in [-0.2, 0) is 6.54 Å². The van der Waals surface area contributed by atoms with Crippen molar-refractivity contribution in [2.24, 2.45) is 5.73 Å². The maximum Gasteiger partial charge on any atom is 0.0538 e. The summed E-state index contributed by atoms with van der Waals surface area (Å²) in [4.78, 5) is 2.57. The fourth-order valence-corrected chi connectivity index (χ4v) is 3.16. The minimum atomic E-state index is 0.332. The van der Waals surface area contributed by atoms with Crippen molar-refractivity contribution in [3.8, 4) is 0 Å². The predicted molar refractivity (Wildman–Crippen MR) is 74.3 cm³/mol. The van der Waals surface area contributed by atoms with Crippen LogP contribution in [0.2, 0.25) is 0 Å². The Hall–Kier alpha value is -0.870. The molecule has 0 radical (unpaired) electrons. The van der Waals surface area contributed by atoms with Gasteiger partial charge in [0.15, 0.2) is 0 Å². The molecule has 0 amide bonds. The minimum absolute atomic E-state index is 0.332. The van der Waals surface area contributed by atoms with Crippen molar-refractivity contribution >= 4 is 0 Å². The standard InChI is InChI=1S/C14H26N4/c1-3-17-11-12(10-16-17)14(9-15)18(4-2)13-7-5-6-8-13/h10-11,13-14H,3-9,15H2,1-2H3. The number of rotatable bonds is 6. The summed E-state index contributed by atoms with van der Waals surface area (Å²) in [6.45, 7) is 7.03. The van der Waals surface area contributed by atoms with E-state index in [9.17, 15) is 0 Å². The van der Waals surface area contributed by atoms with Crippen LogP contribution >= 0.6 is 0 Å². The predicted octanol–water partition coefficient (Wildman–Crippen LogP) is 2.17.